The highest BCUT2D eigenvalue weighted by molar-refractivity contribution is 5.85. The molecule has 0 aliphatic carbocycles. The monoisotopic (exact) mass is 267 g/mol. The molecule has 1 aromatic rings. The maximum atomic E-state index is 12.8. The van der Waals surface area contributed by atoms with Crippen molar-refractivity contribution >= 4 is 11.8 Å². The number of amides is 2. The third kappa shape index (κ3) is 5.05. The Labute approximate surface area is 111 Å². The van der Waals surface area contributed by atoms with Crippen LogP contribution in [0.1, 0.15) is 18.9 Å². The number of carbonyl (C=O) groups is 2. The highest BCUT2D eigenvalue weighted by Gasteiger charge is 2.17. The fourth-order valence-electron chi connectivity index (χ4n) is 1.49. The van der Waals surface area contributed by atoms with Crippen molar-refractivity contribution in [2.75, 3.05) is 7.05 Å². The van der Waals surface area contributed by atoms with Crippen molar-refractivity contribution in [2.24, 2.45) is 0 Å². The minimum Gasteiger partial charge on any atom is -0.309 e. The number of hydrogen-bond acceptors (Lipinski definition) is 3. The van der Waals surface area contributed by atoms with E-state index in [1.807, 2.05) is 0 Å². The van der Waals surface area contributed by atoms with E-state index in [-0.39, 0.29) is 17.6 Å². The number of rotatable bonds is 5. The van der Waals surface area contributed by atoms with Gasteiger partial charge in [-0.05, 0) is 31.2 Å². The van der Waals surface area contributed by atoms with Crippen LogP contribution in [0.2, 0.25) is 0 Å². The molecule has 5 nitrogen and oxygen atoms in total. The first kappa shape index (κ1) is 15.1. The van der Waals surface area contributed by atoms with Gasteiger partial charge < -0.3 is 5.32 Å². The summed E-state index contributed by atoms with van der Waals surface area (Å²) in [4.78, 5) is 22.8. The molecular formula is C13H18FN3O2. The molecule has 0 bridgehead atoms. The van der Waals surface area contributed by atoms with Gasteiger partial charge in [0.15, 0.2) is 0 Å². The fourth-order valence-corrected chi connectivity index (χ4v) is 1.49. The van der Waals surface area contributed by atoms with Crippen LogP contribution in [0, 0.1) is 5.82 Å². The summed E-state index contributed by atoms with van der Waals surface area (Å²) in [5, 5.41) is 2.85. The first-order chi connectivity index (χ1) is 9.06. The first-order valence-electron chi connectivity index (χ1n) is 6.07. The van der Waals surface area contributed by atoms with Crippen LogP contribution in [-0.2, 0) is 16.0 Å². The number of hydrogen-bond donors (Lipinski definition) is 3. The molecule has 2 amide bonds. The van der Waals surface area contributed by atoms with Crippen LogP contribution in [0.3, 0.4) is 0 Å². The SMILES string of the molecule is CCC(=O)NNC(=O)C(Cc1ccc(F)cc1)NC. The van der Waals surface area contributed by atoms with Gasteiger partial charge in [0.25, 0.3) is 5.91 Å². The highest BCUT2D eigenvalue weighted by atomic mass is 19.1. The molecule has 0 saturated heterocycles. The van der Waals surface area contributed by atoms with Gasteiger partial charge in [0.2, 0.25) is 5.91 Å². The van der Waals surface area contributed by atoms with E-state index in [4.69, 9.17) is 0 Å². The standard InChI is InChI=1S/C13H18FN3O2/c1-3-12(18)16-17-13(19)11(15-2)8-9-4-6-10(14)7-5-9/h4-7,11,15H,3,8H2,1-2H3,(H,16,18)(H,17,19). The third-order valence-corrected chi connectivity index (χ3v) is 2.66. The average molecular weight is 267 g/mol. The van der Waals surface area contributed by atoms with Gasteiger partial charge in [-0.15, -0.1) is 0 Å². The van der Waals surface area contributed by atoms with Crippen molar-refractivity contribution in [3.8, 4) is 0 Å². The Bertz CT molecular complexity index is 434. The zero-order valence-corrected chi connectivity index (χ0v) is 11.0. The van der Waals surface area contributed by atoms with E-state index in [9.17, 15) is 14.0 Å². The second kappa shape index (κ2) is 7.48. The Balaban J connectivity index is 2.55. The molecule has 6 heteroatoms. The summed E-state index contributed by atoms with van der Waals surface area (Å²) in [7, 11) is 1.65. The quantitative estimate of drug-likeness (QED) is 0.681. The van der Waals surface area contributed by atoms with Gasteiger partial charge in [-0.25, -0.2) is 4.39 Å². The van der Waals surface area contributed by atoms with Gasteiger partial charge in [-0.1, -0.05) is 19.1 Å². The lowest BCUT2D eigenvalue weighted by Crippen LogP contribution is -2.50. The molecule has 1 aromatic carbocycles. The number of nitrogens with one attached hydrogen (secondary N) is 3. The summed E-state index contributed by atoms with van der Waals surface area (Å²) in [6.45, 7) is 1.69. The van der Waals surface area contributed by atoms with Gasteiger partial charge in [-0.3, -0.25) is 20.4 Å². The molecule has 3 N–H and O–H groups in total. The Hall–Kier alpha value is -1.95. The molecule has 0 aromatic heterocycles. The van der Waals surface area contributed by atoms with Gasteiger partial charge >= 0.3 is 0 Å². The summed E-state index contributed by atoms with van der Waals surface area (Å²) in [5.41, 5.74) is 5.48. The van der Waals surface area contributed by atoms with Crippen LogP contribution in [-0.4, -0.2) is 24.9 Å². The normalized spacial score (nSPS) is 11.7. The number of hydrazine groups is 1. The second-order valence-corrected chi connectivity index (χ2v) is 4.06. The van der Waals surface area contributed by atoms with Crippen LogP contribution < -0.4 is 16.2 Å². The zero-order chi connectivity index (χ0) is 14.3. The number of likely N-dealkylation sites (N-methyl/N-ethyl adjacent to an activating group) is 1. The third-order valence-electron chi connectivity index (χ3n) is 2.66. The summed E-state index contributed by atoms with van der Waals surface area (Å²) in [5.74, 6) is -0.914. The molecule has 0 aliphatic rings. The molecule has 0 spiro atoms. The average Bonchev–Trinajstić information content (AvgIpc) is 2.43. The number of benzene rings is 1. The minimum absolute atomic E-state index is 0.259. The lowest BCUT2D eigenvalue weighted by atomic mass is 10.1. The molecule has 104 valence electrons. The van der Waals surface area contributed by atoms with Crippen molar-refractivity contribution in [1.82, 2.24) is 16.2 Å². The molecule has 1 rings (SSSR count). The van der Waals surface area contributed by atoms with E-state index in [1.54, 1.807) is 26.1 Å². The Morgan fingerprint density at radius 1 is 1.21 bits per heavy atom. The van der Waals surface area contributed by atoms with Crippen molar-refractivity contribution in [2.45, 2.75) is 25.8 Å². The molecule has 0 heterocycles. The zero-order valence-electron chi connectivity index (χ0n) is 11.0. The van der Waals surface area contributed by atoms with E-state index in [0.717, 1.165) is 5.56 Å². The van der Waals surface area contributed by atoms with Crippen LogP contribution in [0.15, 0.2) is 24.3 Å². The molecule has 1 atom stereocenters. The lowest BCUT2D eigenvalue weighted by molar-refractivity contribution is -0.129. The number of halogens is 1. The summed E-state index contributed by atoms with van der Waals surface area (Å²) >= 11 is 0. The van der Waals surface area contributed by atoms with Gasteiger partial charge in [-0.2, -0.15) is 0 Å². The molecule has 0 aliphatic heterocycles. The maximum absolute atomic E-state index is 12.8. The summed E-state index contributed by atoms with van der Waals surface area (Å²) < 4.78 is 12.8. The van der Waals surface area contributed by atoms with Crippen molar-refractivity contribution in [3.05, 3.63) is 35.6 Å². The van der Waals surface area contributed by atoms with Crippen molar-refractivity contribution in [3.63, 3.8) is 0 Å². The summed E-state index contributed by atoms with van der Waals surface area (Å²) in [6, 6.07) is 5.44. The van der Waals surface area contributed by atoms with E-state index >= 15 is 0 Å². The van der Waals surface area contributed by atoms with E-state index in [2.05, 4.69) is 16.2 Å². The lowest BCUT2D eigenvalue weighted by Gasteiger charge is -2.16. The number of carbonyl (C=O) groups excluding carboxylic acids is 2. The molecule has 1 unspecified atom stereocenters. The molecule has 0 fully saturated rings. The summed E-state index contributed by atoms with van der Waals surface area (Å²) in [6.07, 6.45) is 0.701. The predicted octanol–water partition coefficient (Wildman–Crippen LogP) is 0.514. The Kier molecular flexibility index (Phi) is 5.95. The van der Waals surface area contributed by atoms with Crippen LogP contribution in [0.4, 0.5) is 4.39 Å². The topological polar surface area (TPSA) is 70.2 Å². The largest absolute Gasteiger partial charge is 0.309 e. The van der Waals surface area contributed by atoms with Crippen molar-refractivity contribution in [1.29, 1.82) is 0 Å². The Morgan fingerprint density at radius 2 is 1.84 bits per heavy atom. The van der Waals surface area contributed by atoms with Crippen LogP contribution in [0.5, 0.6) is 0 Å². The molecule has 0 saturated carbocycles. The van der Waals surface area contributed by atoms with Gasteiger partial charge in [0.05, 0.1) is 6.04 Å². The minimum atomic E-state index is -0.498. The highest BCUT2D eigenvalue weighted by Crippen LogP contribution is 2.05. The van der Waals surface area contributed by atoms with Crippen molar-refractivity contribution < 1.29 is 14.0 Å². The van der Waals surface area contributed by atoms with Crippen LogP contribution >= 0.6 is 0 Å². The molecule has 0 radical (unpaired) electrons. The van der Waals surface area contributed by atoms with E-state index in [0.29, 0.717) is 12.8 Å². The maximum Gasteiger partial charge on any atom is 0.255 e. The Morgan fingerprint density at radius 3 is 2.37 bits per heavy atom. The molecule has 19 heavy (non-hydrogen) atoms. The van der Waals surface area contributed by atoms with E-state index < -0.39 is 6.04 Å². The van der Waals surface area contributed by atoms with Gasteiger partial charge in [0.1, 0.15) is 5.82 Å². The molecular weight excluding hydrogens is 249 g/mol. The fraction of sp³-hybridized carbons (Fsp3) is 0.385. The van der Waals surface area contributed by atoms with E-state index in [1.165, 1.54) is 12.1 Å². The first-order valence-corrected chi connectivity index (χ1v) is 6.07. The predicted molar refractivity (Wildman–Crippen MR) is 69.5 cm³/mol. The smallest absolute Gasteiger partial charge is 0.255 e. The second-order valence-electron chi connectivity index (χ2n) is 4.06. The van der Waals surface area contributed by atoms with Crippen LogP contribution in [0.25, 0.3) is 0 Å². The van der Waals surface area contributed by atoms with Gasteiger partial charge in [0, 0.05) is 6.42 Å².